The quantitative estimate of drug-likeness (QED) is 0.362. The van der Waals surface area contributed by atoms with Gasteiger partial charge in [-0.1, -0.05) is 17.7 Å². The van der Waals surface area contributed by atoms with Crippen molar-refractivity contribution in [2.45, 2.75) is 16.7 Å². The molecule has 11 heteroatoms. The van der Waals surface area contributed by atoms with Crippen molar-refractivity contribution in [2.75, 3.05) is 6.26 Å². The summed E-state index contributed by atoms with van der Waals surface area (Å²) >= 11 is 0.997. The van der Waals surface area contributed by atoms with E-state index in [1.165, 1.54) is 18.2 Å². The number of hydrogen-bond acceptors (Lipinski definition) is 5. The highest BCUT2D eigenvalue weighted by Crippen LogP contribution is 2.43. The van der Waals surface area contributed by atoms with Gasteiger partial charge in [-0.15, -0.1) is 11.8 Å². The van der Waals surface area contributed by atoms with Crippen molar-refractivity contribution in [3.63, 3.8) is 0 Å². The van der Waals surface area contributed by atoms with Gasteiger partial charge in [-0.05, 0) is 49.6 Å². The van der Waals surface area contributed by atoms with Crippen molar-refractivity contribution < 1.29 is 31.1 Å². The number of nitrogens with zero attached hydrogens (tertiary/aromatic N) is 1. The molecule has 6 nitrogen and oxygen atoms in total. The number of primary amides is 1. The average Bonchev–Trinajstić information content (AvgIpc) is 3.25. The number of benzene rings is 3. The molecule has 0 aliphatic rings. The lowest BCUT2D eigenvalue weighted by Crippen LogP contribution is -2.13. The Labute approximate surface area is 197 Å². The summed E-state index contributed by atoms with van der Waals surface area (Å²) < 4.78 is 76.7. The summed E-state index contributed by atoms with van der Waals surface area (Å²) in [7, 11) is -4.23. The maximum absolute atomic E-state index is 15.3. The third-order valence-corrected chi connectivity index (χ3v) is 7.61. The van der Waals surface area contributed by atoms with Crippen LogP contribution in [-0.2, 0) is 10.0 Å². The molecule has 34 heavy (non-hydrogen) atoms. The summed E-state index contributed by atoms with van der Waals surface area (Å²) in [5.41, 5.74) is 5.00. The molecule has 3 aromatic carbocycles. The van der Waals surface area contributed by atoms with E-state index in [-0.39, 0.29) is 20.9 Å². The van der Waals surface area contributed by atoms with E-state index in [1.807, 2.05) is 0 Å². The number of nitrogens with two attached hydrogens (primary N) is 1. The van der Waals surface area contributed by atoms with Crippen LogP contribution in [0, 0.1) is 24.4 Å². The van der Waals surface area contributed by atoms with Crippen LogP contribution >= 0.6 is 11.8 Å². The molecule has 0 fully saturated rings. The second-order valence-corrected chi connectivity index (χ2v) is 9.92. The van der Waals surface area contributed by atoms with E-state index in [0.29, 0.717) is 3.97 Å². The van der Waals surface area contributed by atoms with Gasteiger partial charge in [0.25, 0.3) is 15.9 Å². The summed E-state index contributed by atoms with van der Waals surface area (Å²) in [6, 6.07) is 10.3. The Morgan fingerprint density at radius 1 is 1.03 bits per heavy atom. The molecule has 1 amide bonds. The summed E-state index contributed by atoms with van der Waals surface area (Å²) in [6.07, 6.45) is 2.71. The number of thioether (sulfide) groups is 1. The molecule has 4 rings (SSSR count). The molecule has 0 aliphatic heterocycles. The maximum Gasteiger partial charge on any atom is 0.268 e. The molecular formula is C23H17F3N2O4S2. The summed E-state index contributed by atoms with van der Waals surface area (Å²) in [6.45, 7) is 1.79. The van der Waals surface area contributed by atoms with Crippen molar-refractivity contribution in [1.82, 2.24) is 3.97 Å². The molecule has 0 spiro atoms. The first-order chi connectivity index (χ1) is 16.1. The lowest BCUT2D eigenvalue weighted by Gasteiger charge is -2.15. The number of carbonyl (C=O) groups excluding carboxylic acids is 1. The number of fused-ring (bicyclic) bond motifs is 1. The molecule has 0 bridgehead atoms. The molecule has 4 aromatic rings. The number of hydrogen-bond donors (Lipinski definition) is 1. The van der Waals surface area contributed by atoms with Crippen LogP contribution in [0.15, 0.2) is 64.5 Å². The minimum atomic E-state index is -4.23. The van der Waals surface area contributed by atoms with Crippen LogP contribution in [0.3, 0.4) is 0 Å². The standard InChI is InChI=1S/C23H17F3N2O4S2/c1-12-3-6-14(7-4-12)34(30,31)28-10-9-15-20(28)18(25)19(26)21(22(15)33-2)32-13-5-8-17(24)16(11-13)23(27)29/h3-11H,1-2H3,(H2,27,29). The molecule has 0 unspecified atom stereocenters. The van der Waals surface area contributed by atoms with Crippen LogP contribution in [0.25, 0.3) is 10.9 Å². The molecule has 176 valence electrons. The van der Waals surface area contributed by atoms with E-state index in [1.54, 1.807) is 25.3 Å². The highest BCUT2D eigenvalue weighted by atomic mass is 32.2. The maximum atomic E-state index is 15.3. The van der Waals surface area contributed by atoms with E-state index in [4.69, 9.17) is 10.5 Å². The predicted octanol–water partition coefficient (Wildman–Crippen LogP) is 5.22. The summed E-state index contributed by atoms with van der Waals surface area (Å²) in [5.74, 6) is -5.54. The van der Waals surface area contributed by atoms with Gasteiger partial charge in [-0.3, -0.25) is 4.79 Å². The first-order valence-electron chi connectivity index (χ1n) is 9.71. The fraction of sp³-hybridized carbons (Fsp3) is 0.0870. The molecule has 0 saturated carbocycles. The van der Waals surface area contributed by atoms with Crippen molar-refractivity contribution in [3.05, 3.63) is 83.3 Å². The van der Waals surface area contributed by atoms with Gasteiger partial charge in [0.15, 0.2) is 11.6 Å². The Bertz CT molecular complexity index is 1550. The average molecular weight is 507 g/mol. The SMILES string of the molecule is CSc1c(Oc2ccc(F)c(C(N)=O)c2)c(F)c(F)c2c1ccn2S(=O)(=O)c1ccc(C)cc1. The fourth-order valence-corrected chi connectivity index (χ4v) is 5.48. The summed E-state index contributed by atoms with van der Waals surface area (Å²) in [5, 5.41) is 0.0920. The predicted molar refractivity (Wildman–Crippen MR) is 122 cm³/mol. The largest absolute Gasteiger partial charge is 0.453 e. The van der Waals surface area contributed by atoms with E-state index in [0.717, 1.165) is 41.7 Å². The minimum Gasteiger partial charge on any atom is -0.453 e. The second-order valence-electron chi connectivity index (χ2n) is 7.29. The number of rotatable bonds is 6. The topological polar surface area (TPSA) is 91.4 Å². The fourth-order valence-electron chi connectivity index (χ4n) is 3.43. The normalized spacial score (nSPS) is 11.7. The van der Waals surface area contributed by atoms with Crippen molar-refractivity contribution in [3.8, 4) is 11.5 Å². The number of ether oxygens (including phenoxy) is 1. The Morgan fingerprint density at radius 3 is 2.32 bits per heavy atom. The number of amides is 1. The number of carbonyl (C=O) groups is 1. The molecular weight excluding hydrogens is 489 g/mol. The third kappa shape index (κ3) is 3.90. The van der Waals surface area contributed by atoms with Gasteiger partial charge in [-0.2, -0.15) is 4.39 Å². The zero-order chi connectivity index (χ0) is 24.8. The molecule has 0 atom stereocenters. The molecule has 1 heterocycles. The van der Waals surface area contributed by atoms with Gasteiger partial charge >= 0.3 is 0 Å². The van der Waals surface area contributed by atoms with Gasteiger partial charge < -0.3 is 10.5 Å². The monoisotopic (exact) mass is 506 g/mol. The minimum absolute atomic E-state index is 0.0910. The van der Waals surface area contributed by atoms with Gasteiger partial charge in [0.1, 0.15) is 17.1 Å². The van der Waals surface area contributed by atoms with Crippen molar-refractivity contribution in [1.29, 1.82) is 0 Å². The Kier molecular flexibility index (Phi) is 6.09. The smallest absolute Gasteiger partial charge is 0.268 e. The number of halogens is 3. The summed E-state index contributed by atoms with van der Waals surface area (Å²) in [4.78, 5) is 11.4. The first kappa shape index (κ1) is 23.7. The molecule has 0 radical (unpaired) electrons. The van der Waals surface area contributed by atoms with Crippen LogP contribution in [0.2, 0.25) is 0 Å². The Morgan fingerprint density at radius 2 is 1.71 bits per heavy atom. The van der Waals surface area contributed by atoms with Crippen LogP contribution in [0.5, 0.6) is 11.5 Å². The number of aromatic nitrogens is 1. The van der Waals surface area contributed by atoms with Crippen molar-refractivity contribution in [2.24, 2.45) is 5.73 Å². The van der Waals surface area contributed by atoms with Crippen LogP contribution in [0.1, 0.15) is 15.9 Å². The van der Waals surface area contributed by atoms with Gasteiger partial charge in [0.05, 0.1) is 15.4 Å². The lowest BCUT2D eigenvalue weighted by atomic mass is 10.2. The highest BCUT2D eigenvalue weighted by molar-refractivity contribution is 7.99. The van der Waals surface area contributed by atoms with Crippen LogP contribution < -0.4 is 10.5 Å². The highest BCUT2D eigenvalue weighted by Gasteiger charge is 2.28. The second kappa shape index (κ2) is 8.73. The molecule has 2 N–H and O–H groups in total. The first-order valence-corrected chi connectivity index (χ1v) is 12.4. The number of aryl methyl sites for hydroxylation is 1. The molecule has 0 aliphatic carbocycles. The van der Waals surface area contributed by atoms with E-state index in [9.17, 15) is 17.6 Å². The van der Waals surface area contributed by atoms with Crippen molar-refractivity contribution >= 4 is 38.6 Å². The lowest BCUT2D eigenvalue weighted by molar-refractivity contribution is 0.0996. The Balaban J connectivity index is 1.90. The zero-order valence-electron chi connectivity index (χ0n) is 17.8. The van der Waals surface area contributed by atoms with Gasteiger partial charge in [-0.25, -0.2) is 21.2 Å². The van der Waals surface area contributed by atoms with Gasteiger partial charge in [0, 0.05) is 11.6 Å². The van der Waals surface area contributed by atoms with E-state index in [2.05, 4.69) is 0 Å². The molecule has 1 aromatic heterocycles. The van der Waals surface area contributed by atoms with E-state index >= 15 is 8.78 Å². The van der Waals surface area contributed by atoms with E-state index < -0.39 is 50.2 Å². The van der Waals surface area contributed by atoms with Crippen LogP contribution in [0.4, 0.5) is 13.2 Å². The zero-order valence-corrected chi connectivity index (χ0v) is 19.4. The van der Waals surface area contributed by atoms with Crippen LogP contribution in [-0.4, -0.2) is 24.6 Å². The molecule has 0 saturated heterocycles. The van der Waals surface area contributed by atoms with Gasteiger partial charge in [0.2, 0.25) is 5.82 Å². The Hall–Kier alpha value is -3.44. The third-order valence-electron chi connectivity index (χ3n) is 5.11.